The number of phenols is 1. The van der Waals surface area contributed by atoms with Crippen molar-refractivity contribution >= 4 is 52.6 Å². The number of carbonyl (C=O) groups is 3. The molecule has 0 radical (unpaired) electrons. The van der Waals surface area contributed by atoms with Crippen molar-refractivity contribution in [3.63, 3.8) is 0 Å². The molecule has 1 atom stereocenters. The number of rotatable bonds is 8. The number of aliphatic carboxylic acids is 1. The van der Waals surface area contributed by atoms with Crippen molar-refractivity contribution in [2.24, 2.45) is 4.99 Å². The van der Waals surface area contributed by atoms with E-state index in [-0.39, 0.29) is 21.4 Å². The van der Waals surface area contributed by atoms with Crippen LogP contribution in [0.2, 0.25) is 10.0 Å². The maximum absolute atomic E-state index is 12.5. The number of carbonyl (C=O) groups excluding carboxylic acids is 2. The zero-order valence-corrected chi connectivity index (χ0v) is 18.7. The summed E-state index contributed by atoms with van der Waals surface area (Å²) in [6, 6.07) is 8.13. The molecule has 2 aromatic rings. The third-order valence-electron chi connectivity index (χ3n) is 4.62. The highest BCUT2D eigenvalue weighted by Crippen LogP contribution is 2.36. The smallest absolute Gasteiger partial charge is 0.305 e. The van der Waals surface area contributed by atoms with Crippen molar-refractivity contribution in [2.75, 3.05) is 25.0 Å². The molecule has 0 saturated carbocycles. The lowest BCUT2D eigenvalue weighted by atomic mass is 10.0. The van der Waals surface area contributed by atoms with Crippen LogP contribution in [0, 0.1) is 0 Å². The molecule has 1 heterocycles. The quantitative estimate of drug-likeness (QED) is 0.329. The van der Waals surface area contributed by atoms with Crippen LogP contribution in [-0.2, 0) is 9.59 Å². The molecule has 1 aliphatic rings. The number of nitrogens with zero attached hydrogens (tertiary/aromatic N) is 1. The molecule has 2 amide bonds. The van der Waals surface area contributed by atoms with Crippen LogP contribution < -0.4 is 21.3 Å². The highest BCUT2D eigenvalue weighted by atomic mass is 35.5. The maximum Gasteiger partial charge on any atom is 0.305 e. The van der Waals surface area contributed by atoms with Crippen LogP contribution in [0.4, 0.5) is 5.69 Å². The Morgan fingerprint density at radius 3 is 2.67 bits per heavy atom. The van der Waals surface area contributed by atoms with Gasteiger partial charge in [-0.05, 0) is 30.3 Å². The lowest BCUT2D eigenvalue weighted by Gasteiger charge is -2.19. The van der Waals surface area contributed by atoms with Crippen LogP contribution in [0.3, 0.4) is 0 Å². The van der Waals surface area contributed by atoms with Gasteiger partial charge in [0.25, 0.3) is 5.91 Å². The van der Waals surface area contributed by atoms with Gasteiger partial charge in [-0.1, -0.05) is 29.3 Å². The maximum atomic E-state index is 12.5. The van der Waals surface area contributed by atoms with Crippen molar-refractivity contribution in [1.82, 2.24) is 16.0 Å². The molecule has 0 spiro atoms. The third-order valence-corrected chi connectivity index (χ3v) is 5.12. The van der Waals surface area contributed by atoms with Crippen molar-refractivity contribution < 1.29 is 24.6 Å². The fourth-order valence-electron chi connectivity index (χ4n) is 3.13. The number of carboxylic acids is 1. The first-order valence-electron chi connectivity index (χ1n) is 9.85. The number of amides is 2. The van der Waals surface area contributed by atoms with E-state index in [1.807, 2.05) is 0 Å². The van der Waals surface area contributed by atoms with E-state index >= 15 is 0 Å². The van der Waals surface area contributed by atoms with E-state index in [4.69, 9.17) is 23.2 Å². The van der Waals surface area contributed by atoms with Crippen LogP contribution in [0.1, 0.15) is 28.4 Å². The Morgan fingerprint density at radius 1 is 1.18 bits per heavy atom. The van der Waals surface area contributed by atoms with Crippen molar-refractivity contribution in [3.8, 4) is 5.75 Å². The van der Waals surface area contributed by atoms with Crippen LogP contribution in [0.5, 0.6) is 5.75 Å². The van der Waals surface area contributed by atoms with Crippen LogP contribution in [0.25, 0.3) is 0 Å². The SMILES string of the molecule is O=C(O)CC(NC(=O)CNC(=O)c1cccc(NC2=NCCN2)c1)c1cc(Cl)cc(Cl)c1O. The molecule has 0 bridgehead atoms. The number of hydrogen-bond donors (Lipinski definition) is 6. The van der Waals surface area contributed by atoms with Gasteiger partial charge in [-0.25, -0.2) is 0 Å². The molecule has 0 fully saturated rings. The van der Waals surface area contributed by atoms with Gasteiger partial charge in [0.1, 0.15) is 5.75 Å². The van der Waals surface area contributed by atoms with E-state index in [1.54, 1.807) is 24.3 Å². The Labute approximate surface area is 199 Å². The standard InChI is InChI=1S/C21H21Cl2N5O5/c22-12-7-14(19(32)15(23)8-12)16(9-18(30)31)28-17(29)10-26-20(33)11-2-1-3-13(6-11)27-21-24-4-5-25-21/h1-3,6-8,16,32H,4-5,9-10H2,(H,26,33)(H,28,29)(H,30,31)(H2,24,25,27). The van der Waals surface area contributed by atoms with E-state index in [0.717, 1.165) is 6.54 Å². The zero-order chi connectivity index (χ0) is 24.0. The number of guanidine groups is 1. The molecule has 174 valence electrons. The number of benzene rings is 2. The molecule has 0 aliphatic carbocycles. The number of aliphatic imine (C=N–C) groups is 1. The second-order valence-electron chi connectivity index (χ2n) is 7.09. The Morgan fingerprint density at radius 2 is 1.97 bits per heavy atom. The average molecular weight is 494 g/mol. The molecule has 0 aromatic heterocycles. The molecule has 1 aliphatic heterocycles. The van der Waals surface area contributed by atoms with E-state index in [9.17, 15) is 24.6 Å². The summed E-state index contributed by atoms with van der Waals surface area (Å²) in [5.74, 6) is -2.16. The van der Waals surface area contributed by atoms with Gasteiger partial charge in [0.15, 0.2) is 5.96 Å². The number of phenolic OH excluding ortho intramolecular Hbond substituents is 1. The summed E-state index contributed by atoms with van der Waals surface area (Å²) in [6.45, 7) is 0.981. The lowest BCUT2D eigenvalue weighted by molar-refractivity contribution is -0.137. The minimum Gasteiger partial charge on any atom is -0.506 e. The van der Waals surface area contributed by atoms with Gasteiger partial charge in [-0.3, -0.25) is 19.4 Å². The molecule has 12 heteroatoms. The molecule has 10 nitrogen and oxygen atoms in total. The number of aromatic hydroxyl groups is 1. The summed E-state index contributed by atoms with van der Waals surface area (Å²) in [7, 11) is 0. The van der Waals surface area contributed by atoms with Crippen molar-refractivity contribution in [1.29, 1.82) is 0 Å². The van der Waals surface area contributed by atoms with E-state index in [0.29, 0.717) is 23.8 Å². The van der Waals surface area contributed by atoms with E-state index in [2.05, 4.69) is 26.3 Å². The number of anilines is 1. The van der Waals surface area contributed by atoms with Crippen molar-refractivity contribution in [3.05, 3.63) is 57.6 Å². The second kappa shape index (κ2) is 10.9. The van der Waals surface area contributed by atoms with Gasteiger partial charge in [0.2, 0.25) is 5.91 Å². The summed E-state index contributed by atoms with van der Waals surface area (Å²) >= 11 is 11.9. The van der Waals surface area contributed by atoms with Crippen LogP contribution in [0.15, 0.2) is 41.4 Å². The summed E-state index contributed by atoms with van der Waals surface area (Å²) in [5, 5.41) is 30.5. The Kier molecular flexibility index (Phi) is 7.96. The average Bonchev–Trinajstić information content (AvgIpc) is 3.27. The normalized spacial score (nSPS) is 13.5. The first-order chi connectivity index (χ1) is 15.7. The molecule has 0 saturated heterocycles. The Bertz CT molecular complexity index is 1110. The second-order valence-corrected chi connectivity index (χ2v) is 7.93. The highest BCUT2D eigenvalue weighted by Gasteiger charge is 2.23. The Balaban J connectivity index is 1.63. The fourth-order valence-corrected chi connectivity index (χ4v) is 3.64. The van der Waals surface area contributed by atoms with Gasteiger partial charge < -0.3 is 31.5 Å². The number of carboxylic acid groups (broad SMARTS) is 1. The summed E-state index contributed by atoms with van der Waals surface area (Å²) in [4.78, 5) is 40.4. The van der Waals surface area contributed by atoms with Gasteiger partial charge >= 0.3 is 5.97 Å². The third kappa shape index (κ3) is 6.74. The zero-order valence-electron chi connectivity index (χ0n) is 17.2. The molecule has 3 rings (SSSR count). The number of halogens is 2. The van der Waals surface area contributed by atoms with Gasteiger partial charge in [-0.15, -0.1) is 0 Å². The topological polar surface area (TPSA) is 152 Å². The fraction of sp³-hybridized carbons (Fsp3) is 0.238. The van der Waals surface area contributed by atoms with E-state index in [1.165, 1.54) is 12.1 Å². The Hall–Kier alpha value is -3.50. The summed E-state index contributed by atoms with van der Waals surface area (Å²) < 4.78 is 0. The lowest BCUT2D eigenvalue weighted by Crippen LogP contribution is -2.39. The predicted molar refractivity (Wildman–Crippen MR) is 124 cm³/mol. The van der Waals surface area contributed by atoms with Gasteiger partial charge in [0, 0.05) is 28.4 Å². The number of nitrogens with one attached hydrogen (secondary N) is 4. The van der Waals surface area contributed by atoms with Crippen LogP contribution in [-0.4, -0.2) is 53.6 Å². The minimum absolute atomic E-state index is 0.0526. The first-order valence-corrected chi connectivity index (χ1v) is 10.6. The molecule has 6 N–H and O–H groups in total. The summed E-state index contributed by atoms with van der Waals surface area (Å²) in [5.41, 5.74) is 1.01. The highest BCUT2D eigenvalue weighted by molar-refractivity contribution is 6.35. The molecule has 2 aromatic carbocycles. The predicted octanol–water partition coefficient (Wildman–Crippen LogP) is 2.13. The molecule has 1 unspecified atom stereocenters. The monoisotopic (exact) mass is 493 g/mol. The molecular weight excluding hydrogens is 473 g/mol. The largest absolute Gasteiger partial charge is 0.506 e. The van der Waals surface area contributed by atoms with Crippen LogP contribution >= 0.6 is 23.2 Å². The minimum atomic E-state index is -1.22. The number of hydrogen-bond acceptors (Lipinski definition) is 7. The van der Waals surface area contributed by atoms with Crippen molar-refractivity contribution in [2.45, 2.75) is 12.5 Å². The molecular formula is C21H21Cl2N5O5. The first kappa shape index (κ1) is 24.1. The van der Waals surface area contributed by atoms with E-state index < -0.39 is 36.8 Å². The van der Waals surface area contributed by atoms with Gasteiger partial charge in [-0.2, -0.15) is 0 Å². The molecule has 33 heavy (non-hydrogen) atoms. The summed E-state index contributed by atoms with van der Waals surface area (Å²) in [6.07, 6.45) is -0.532. The van der Waals surface area contributed by atoms with Gasteiger partial charge in [0.05, 0.1) is 30.6 Å².